The summed E-state index contributed by atoms with van der Waals surface area (Å²) in [6, 6.07) is 6.90. The molecule has 1 fully saturated rings. The van der Waals surface area contributed by atoms with E-state index in [-0.39, 0.29) is 0 Å². The van der Waals surface area contributed by atoms with Gasteiger partial charge >= 0.3 is 0 Å². The molecular formula is C15H21N3O. The number of methoxy groups -OCH3 is 1. The Morgan fingerprint density at radius 3 is 2.79 bits per heavy atom. The molecule has 2 N–H and O–H groups in total. The molecule has 0 saturated heterocycles. The van der Waals surface area contributed by atoms with E-state index < -0.39 is 0 Å². The van der Waals surface area contributed by atoms with E-state index in [2.05, 4.69) is 33.5 Å². The Hall–Kier alpha value is -1.55. The first-order valence-electron chi connectivity index (χ1n) is 7.00. The van der Waals surface area contributed by atoms with Crippen LogP contribution in [0.4, 0.5) is 5.69 Å². The predicted octanol–water partition coefficient (Wildman–Crippen LogP) is 3.24. The molecule has 0 bridgehead atoms. The molecule has 4 nitrogen and oxygen atoms in total. The molecule has 0 atom stereocenters. The zero-order chi connectivity index (χ0) is 13.2. The number of rotatable bonds is 3. The number of aromatic amines is 1. The molecule has 102 valence electrons. The zero-order valence-electron chi connectivity index (χ0n) is 11.6. The van der Waals surface area contributed by atoms with Crippen molar-refractivity contribution in [1.29, 1.82) is 0 Å². The minimum Gasteiger partial charge on any atom is -0.382 e. The van der Waals surface area contributed by atoms with Crippen LogP contribution < -0.4 is 5.32 Å². The van der Waals surface area contributed by atoms with Crippen LogP contribution >= 0.6 is 0 Å². The van der Waals surface area contributed by atoms with Crippen molar-refractivity contribution in [3.8, 4) is 0 Å². The van der Waals surface area contributed by atoms with Crippen molar-refractivity contribution in [2.45, 2.75) is 44.8 Å². The third kappa shape index (κ3) is 2.73. The van der Waals surface area contributed by atoms with Gasteiger partial charge in [-0.2, -0.15) is 0 Å². The Labute approximate surface area is 113 Å². The fourth-order valence-electron chi connectivity index (χ4n) is 2.91. The molecule has 2 aromatic rings. The van der Waals surface area contributed by atoms with Crippen molar-refractivity contribution in [3.63, 3.8) is 0 Å². The first-order valence-corrected chi connectivity index (χ1v) is 7.00. The molecule has 1 aromatic carbocycles. The molecule has 1 aliphatic carbocycles. The molecule has 0 radical (unpaired) electrons. The van der Waals surface area contributed by atoms with Gasteiger partial charge in [-0.15, -0.1) is 0 Å². The van der Waals surface area contributed by atoms with E-state index in [0.29, 0.717) is 12.1 Å². The Morgan fingerprint density at radius 1 is 1.26 bits per heavy atom. The number of fused-ring (bicyclic) bond motifs is 1. The second-order valence-corrected chi connectivity index (χ2v) is 5.41. The number of hydrogen-bond donors (Lipinski definition) is 2. The van der Waals surface area contributed by atoms with Crippen molar-refractivity contribution in [2.24, 2.45) is 0 Å². The quantitative estimate of drug-likeness (QED) is 0.889. The summed E-state index contributed by atoms with van der Waals surface area (Å²) < 4.78 is 5.41. The van der Waals surface area contributed by atoms with E-state index in [1.54, 1.807) is 0 Å². The lowest BCUT2D eigenvalue weighted by Crippen LogP contribution is -2.29. The maximum absolute atomic E-state index is 5.41. The van der Waals surface area contributed by atoms with E-state index >= 15 is 0 Å². The Bertz CT molecular complexity index is 556. The van der Waals surface area contributed by atoms with Gasteiger partial charge in [0.15, 0.2) is 0 Å². The van der Waals surface area contributed by atoms with Gasteiger partial charge in [0.25, 0.3) is 0 Å². The first-order chi connectivity index (χ1) is 9.24. The Balaban J connectivity index is 1.68. The van der Waals surface area contributed by atoms with Gasteiger partial charge in [0.05, 0.1) is 17.1 Å². The van der Waals surface area contributed by atoms with Gasteiger partial charge < -0.3 is 15.0 Å². The third-order valence-corrected chi connectivity index (χ3v) is 3.98. The summed E-state index contributed by atoms with van der Waals surface area (Å²) in [7, 11) is 1.81. The van der Waals surface area contributed by atoms with Gasteiger partial charge in [-0.05, 0) is 50.8 Å². The van der Waals surface area contributed by atoms with Crippen LogP contribution in [0.3, 0.4) is 0 Å². The zero-order valence-corrected chi connectivity index (χ0v) is 11.6. The SMILES string of the molecule is COC1CCC(Nc2ccc3nc(C)[nH]c3c2)CC1. The summed E-state index contributed by atoms with van der Waals surface area (Å²) in [6.07, 6.45) is 5.12. The monoisotopic (exact) mass is 259 g/mol. The highest BCUT2D eigenvalue weighted by molar-refractivity contribution is 5.79. The van der Waals surface area contributed by atoms with Crippen LogP contribution in [-0.2, 0) is 4.74 Å². The van der Waals surface area contributed by atoms with Crippen LogP contribution in [0.5, 0.6) is 0 Å². The Morgan fingerprint density at radius 2 is 2.05 bits per heavy atom. The minimum absolute atomic E-state index is 0.454. The molecule has 0 unspecified atom stereocenters. The van der Waals surface area contributed by atoms with Crippen molar-refractivity contribution in [1.82, 2.24) is 9.97 Å². The summed E-state index contributed by atoms with van der Waals surface area (Å²) in [5.41, 5.74) is 3.32. The molecule has 1 heterocycles. The summed E-state index contributed by atoms with van der Waals surface area (Å²) in [5.74, 6) is 0.966. The van der Waals surface area contributed by atoms with Crippen LogP contribution in [0, 0.1) is 6.92 Å². The normalized spacial score (nSPS) is 23.7. The van der Waals surface area contributed by atoms with Crippen molar-refractivity contribution >= 4 is 16.7 Å². The molecule has 0 aliphatic heterocycles. The molecule has 4 heteroatoms. The first kappa shape index (κ1) is 12.5. The number of aromatic nitrogens is 2. The van der Waals surface area contributed by atoms with Crippen LogP contribution in [0.2, 0.25) is 0 Å². The number of nitrogens with zero attached hydrogens (tertiary/aromatic N) is 1. The number of anilines is 1. The minimum atomic E-state index is 0.454. The maximum atomic E-state index is 5.41. The van der Waals surface area contributed by atoms with Crippen molar-refractivity contribution in [2.75, 3.05) is 12.4 Å². The highest BCUT2D eigenvalue weighted by Crippen LogP contribution is 2.25. The second-order valence-electron chi connectivity index (χ2n) is 5.41. The molecule has 1 saturated carbocycles. The van der Waals surface area contributed by atoms with Crippen LogP contribution in [0.25, 0.3) is 11.0 Å². The standard InChI is InChI=1S/C15H21N3O/c1-10-16-14-8-5-12(9-15(14)17-10)18-11-3-6-13(19-2)7-4-11/h5,8-9,11,13,18H,3-4,6-7H2,1-2H3,(H,16,17). The summed E-state index contributed by atoms with van der Waals surface area (Å²) in [5, 5.41) is 3.62. The van der Waals surface area contributed by atoms with E-state index in [1.807, 2.05) is 14.0 Å². The van der Waals surface area contributed by atoms with Gasteiger partial charge in [-0.1, -0.05) is 0 Å². The molecule has 1 aliphatic rings. The number of benzene rings is 1. The van der Waals surface area contributed by atoms with Crippen molar-refractivity contribution in [3.05, 3.63) is 24.0 Å². The molecule has 3 rings (SSSR count). The summed E-state index contributed by atoms with van der Waals surface area (Å²) >= 11 is 0. The summed E-state index contributed by atoms with van der Waals surface area (Å²) in [4.78, 5) is 7.70. The number of H-pyrrole nitrogens is 1. The molecule has 19 heavy (non-hydrogen) atoms. The number of aryl methyl sites for hydroxylation is 1. The molecule has 0 spiro atoms. The lowest BCUT2D eigenvalue weighted by atomic mass is 9.93. The van der Waals surface area contributed by atoms with Crippen LogP contribution in [0.1, 0.15) is 31.5 Å². The smallest absolute Gasteiger partial charge is 0.104 e. The Kier molecular flexibility index (Phi) is 3.42. The fraction of sp³-hybridized carbons (Fsp3) is 0.533. The van der Waals surface area contributed by atoms with Gasteiger partial charge in [-0.3, -0.25) is 0 Å². The molecular weight excluding hydrogens is 238 g/mol. The van der Waals surface area contributed by atoms with Gasteiger partial charge in [0.2, 0.25) is 0 Å². The van der Waals surface area contributed by atoms with E-state index in [0.717, 1.165) is 29.7 Å². The van der Waals surface area contributed by atoms with Gasteiger partial charge in [0, 0.05) is 18.8 Å². The van der Waals surface area contributed by atoms with Crippen LogP contribution in [0.15, 0.2) is 18.2 Å². The molecule has 0 amide bonds. The van der Waals surface area contributed by atoms with E-state index in [9.17, 15) is 0 Å². The average Bonchev–Trinajstić information content (AvgIpc) is 2.79. The fourth-order valence-corrected chi connectivity index (χ4v) is 2.91. The maximum Gasteiger partial charge on any atom is 0.104 e. The van der Waals surface area contributed by atoms with E-state index in [4.69, 9.17) is 4.74 Å². The van der Waals surface area contributed by atoms with Crippen molar-refractivity contribution < 1.29 is 4.74 Å². The van der Waals surface area contributed by atoms with Gasteiger partial charge in [-0.25, -0.2) is 4.98 Å². The second kappa shape index (κ2) is 5.21. The lowest BCUT2D eigenvalue weighted by molar-refractivity contribution is 0.0682. The third-order valence-electron chi connectivity index (χ3n) is 3.98. The highest BCUT2D eigenvalue weighted by Gasteiger charge is 2.20. The van der Waals surface area contributed by atoms with Crippen LogP contribution in [-0.4, -0.2) is 29.2 Å². The van der Waals surface area contributed by atoms with E-state index in [1.165, 1.54) is 18.5 Å². The topological polar surface area (TPSA) is 49.9 Å². The van der Waals surface area contributed by atoms with Gasteiger partial charge in [0.1, 0.15) is 5.82 Å². The highest BCUT2D eigenvalue weighted by atomic mass is 16.5. The number of imidazole rings is 1. The molecule has 1 aromatic heterocycles. The largest absolute Gasteiger partial charge is 0.382 e. The summed E-state index contributed by atoms with van der Waals surface area (Å²) in [6.45, 7) is 1.99. The number of hydrogen-bond acceptors (Lipinski definition) is 3. The predicted molar refractivity (Wildman–Crippen MR) is 77.5 cm³/mol. The number of ether oxygens (including phenoxy) is 1. The average molecular weight is 259 g/mol. The lowest BCUT2D eigenvalue weighted by Gasteiger charge is -2.28. The number of nitrogens with one attached hydrogen (secondary N) is 2.